The van der Waals surface area contributed by atoms with Gasteiger partial charge in [0.05, 0.1) is 21.8 Å². The molecule has 0 aliphatic carbocycles. The van der Waals surface area contributed by atoms with Gasteiger partial charge in [-0.25, -0.2) is 9.88 Å². The Morgan fingerprint density at radius 2 is 1.77 bits per heavy atom. The Bertz CT molecular complexity index is 1010. The second-order valence-corrected chi connectivity index (χ2v) is 5.89. The summed E-state index contributed by atoms with van der Waals surface area (Å²) in [5.41, 5.74) is 1.42. The molecule has 8 heteroatoms. The minimum Gasteiger partial charge on any atom is -0.451 e. The van der Waals surface area contributed by atoms with E-state index in [4.69, 9.17) is 16.0 Å². The molecule has 1 aliphatic heterocycles. The van der Waals surface area contributed by atoms with Crippen LogP contribution in [0.4, 0.5) is 11.4 Å². The van der Waals surface area contributed by atoms with Crippen molar-refractivity contribution in [3.63, 3.8) is 0 Å². The summed E-state index contributed by atoms with van der Waals surface area (Å²) in [6, 6.07) is 11.1. The van der Waals surface area contributed by atoms with Gasteiger partial charge in [0.2, 0.25) is 0 Å². The van der Waals surface area contributed by atoms with Crippen LogP contribution < -0.4 is 10.2 Å². The standard InChI is InChI=1S/C18H10ClN3O4/c19-13-7-10(21-16(23)14-8-26-9-20-14)5-6-15(13)22-17(24)11-3-1-2-4-12(11)18(22)25/h1-9H,(H,21,23). The first-order valence-corrected chi connectivity index (χ1v) is 7.91. The molecule has 0 spiro atoms. The lowest BCUT2D eigenvalue weighted by Gasteiger charge is -2.16. The van der Waals surface area contributed by atoms with Crippen LogP contribution in [-0.2, 0) is 0 Å². The molecule has 3 aromatic rings. The molecule has 0 saturated carbocycles. The highest BCUT2D eigenvalue weighted by Crippen LogP contribution is 2.34. The van der Waals surface area contributed by atoms with Crippen LogP contribution in [0.25, 0.3) is 0 Å². The average Bonchev–Trinajstić information content (AvgIpc) is 3.25. The van der Waals surface area contributed by atoms with Gasteiger partial charge in [0, 0.05) is 5.69 Å². The average molecular weight is 368 g/mol. The summed E-state index contributed by atoms with van der Waals surface area (Å²) in [5.74, 6) is -1.35. The normalized spacial score (nSPS) is 13.0. The molecule has 0 radical (unpaired) electrons. The van der Waals surface area contributed by atoms with E-state index in [1.807, 2.05) is 0 Å². The summed E-state index contributed by atoms with van der Waals surface area (Å²) in [6.45, 7) is 0. The molecule has 3 amide bonds. The number of fused-ring (bicyclic) bond motifs is 1. The number of aromatic nitrogens is 1. The van der Waals surface area contributed by atoms with Crippen molar-refractivity contribution in [2.45, 2.75) is 0 Å². The molecule has 1 aliphatic rings. The van der Waals surface area contributed by atoms with E-state index in [0.29, 0.717) is 16.8 Å². The number of hydrogen-bond donors (Lipinski definition) is 1. The van der Waals surface area contributed by atoms with Gasteiger partial charge in [-0.2, -0.15) is 0 Å². The van der Waals surface area contributed by atoms with Crippen molar-refractivity contribution < 1.29 is 18.8 Å². The Hall–Kier alpha value is -3.45. The second-order valence-electron chi connectivity index (χ2n) is 5.49. The van der Waals surface area contributed by atoms with Gasteiger partial charge < -0.3 is 9.73 Å². The summed E-state index contributed by atoms with van der Waals surface area (Å²) in [5, 5.41) is 2.76. The van der Waals surface area contributed by atoms with Crippen molar-refractivity contribution >= 4 is 40.7 Å². The van der Waals surface area contributed by atoms with Crippen molar-refractivity contribution in [3.05, 3.63) is 77.0 Å². The zero-order valence-corrected chi connectivity index (χ0v) is 13.9. The fourth-order valence-electron chi connectivity index (χ4n) is 2.69. The van der Waals surface area contributed by atoms with E-state index >= 15 is 0 Å². The van der Waals surface area contributed by atoms with Crippen molar-refractivity contribution in [2.24, 2.45) is 0 Å². The Labute approximate surface area is 152 Å². The fraction of sp³-hybridized carbons (Fsp3) is 0. The first kappa shape index (κ1) is 16.0. The number of anilines is 2. The third kappa shape index (κ3) is 2.55. The molecule has 0 bridgehead atoms. The quantitative estimate of drug-likeness (QED) is 0.716. The summed E-state index contributed by atoms with van der Waals surface area (Å²) >= 11 is 6.26. The second kappa shape index (κ2) is 6.12. The fourth-order valence-corrected chi connectivity index (χ4v) is 2.96. The number of rotatable bonds is 3. The van der Waals surface area contributed by atoms with Gasteiger partial charge in [-0.1, -0.05) is 23.7 Å². The number of nitrogens with zero attached hydrogens (tertiary/aromatic N) is 2. The maximum Gasteiger partial charge on any atom is 0.277 e. The molecular formula is C18H10ClN3O4. The summed E-state index contributed by atoms with van der Waals surface area (Å²) < 4.78 is 4.76. The summed E-state index contributed by atoms with van der Waals surface area (Å²) in [6.07, 6.45) is 2.36. The molecular weight excluding hydrogens is 358 g/mol. The number of carbonyl (C=O) groups is 3. The zero-order chi connectivity index (χ0) is 18.3. The van der Waals surface area contributed by atoms with Crippen LogP contribution in [0, 0.1) is 0 Å². The first-order chi connectivity index (χ1) is 12.6. The maximum absolute atomic E-state index is 12.5. The molecule has 4 rings (SSSR count). The largest absolute Gasteiger partial charge is 0.451 e. The molecule has 128 valence electrons. The van der Waals surface area contributed by atoms with E-state index in [9.17, 15) is 14.4 Å². The Morgan fingerprint density at radius 1 is 1.08 bits per heavy atom. The highest BCUT2D eigenvalue weighted by molar-refractivity contribution is 6.40. The Morgan fingerprint density at radius 3 is 2.35 bits per heavy atom. The molecule has 0 fully saturated rings. The van der Waals surface area contributed by atoms with E-state index < -0.39 is 17.7 Å². The molecule has 1 aromatic heterocycles. The van der Waals surface area contributed by atoms with Crippen LogP contribution >= 0.6 is 11.6 Å². The minimum absolute atomic E-state index is 0.116. The van der Waals surface area contributed by atoms with E-state index in [0.717, 1.165) is 11.3 Å². The lowest BCUT2D eigenvalue weighted by atomic mass is 10.1. The zero-order valence-electron chi connectivity index (χ0n) is 13.1. The molecule has 26 heavy (non-hydrogen) atoms. The van der Waals surface area contributed by atoms with Gasteiger partial charge in [-0.3, -0.25) is 14.4 Å². The van der Waals surface area contributed by atoms with E-state index in [1.54, 1.807) is 30.3 Å². The van der Waals surface area contributed by atoms with Crippen LogP contribution in [0.3, 0.4) is 0 Å². The number of oxazole rings is 1. The highest BCUT2D eigenvalue weighted by Gasteiger charge is 2.37. The Balaban J connectivity index is 1.62. The van der Waals surface area contributed by atoms with Gasteiger partial charge in [0.15, 0.2) is 12.1 Å². The highest BCUT2D eigenvalue weighted by atomic mass is 35.5. The van der Waals surface area contributed by atoms with Crippen molar-refractivity contribution in [1.82, 2.24) is 4.98 Å². The predicted molar refractivity (Wildman–Crippen MR) is 93.5 cm³/mol. The third-order valence-corrected chi connectivity index (χ3v) is 4.21. The SMILES string of the molecule is O=C(Nc1ccc(N2C(=O)c3ccccc3C2=O)c(Cl)c1)c1cocn1. The lowest BCUT2D eigenvalue weighted by molar-refractivity contribution is 0.0924. The van der Waals surface area contributed by atoms with Crippen LogP contribution in [0.5, 0.6) is 0 Å². The first-order valence-electron chi connectivity index (χ1n) is 7.53. The van der Waals surface area contributed by atoms with Crippen molar-refractivity contribution in [2.75, 3.05) is 10.2 Å². The summed E-state index contributed by atoms with van der Waals surface area (Å²) in [7, 11) is 0. The van der Waals surface area contributed by atoms with Gasteiger partial charge >= 0.3 is 0 Å². The number of amides is 3. The number of carbonyl (C=O) groups excluding carboxylic acids is 3. The molecule has 0 atom stereocenters. The van der Waals surface area contributed by atoms with Crippen LogP contribution in [0.15, 0.2) is 59.5 Å². The van der Waals surface area contributed by atoms with E-state index in [-0.39, 0.29) is 16.4 Å². The number of imide groups is 1. The Kier molecular flexibility index (Phi) is 3.78. The number of nitrogens with one attached hydrogen (secondary N) is 1. The summed E-state index contributed by atoms with van der Waals surface area (Å²) in [4.78, 5) is 41.8. The van der Waals surface area contributed by atoms with Gasteiger partial charge in [0.25, 0.3) is 17.7 Å². The van der Waals surface area contributed by atoms with Gasteiger partial charge in [-0.05, 0) is 30.3 Å². The maximum atomic E-state index is 12.5. The monoisotopic (exact) mass is 367 g/mol. The number of hydrogen-bond acceptors (Lipinski definition) is 5. The lowest BCUT2D eigenvalue weighted by Crippen LogP contribution is -2.29. The van der Waals surface area contributed by atoms with E-state index in [2.05, 4.69) is 10.3 Å². The molecule has 7 nitrogen and oxygen atoms in total. The van der Waals surface area contributed by atoms with Gasteiger partial charge in [-0.15, -0.1) is 0 Å². The van der Waals surface area contributed by atoms with E-state index in [1.165, 1.54) is 18.4 Å². The van der Waals surface area contributed by atoms with Gasteiger partial charge in [0.1, 0.15) is 6.26 Å². The molecule has 2 aromatic carbocycles. The number of benzene rings is 2. The topological polar surface area (TPSA) is 92.5 Å². The predicted octanol–water partition coefficient (Wildman–Crippen LogP) is 3.38. The van der Waals surface area contributed by atoms with Crippen LogP contribution in [0.1, 0.15) is 31.2 Å². The van der Waals surface area contributed by atoms with Crippen LogP contribution in [0.2, 0.25) is 5.02 Å². The number of halogens is 1. The molecule has 2 heterocycles. The molecule has 0 unspecified atom stereocenters. The van der Waals surface area contributed by atoms with Crippen molar-refractivity contribution in [1.29, 1.82) is 0 Å². The smallest absolute Gasteiger partial charge is 0.277 e. The molecule has 0 saturated heterocycles. The third-order valence-electron chi connectivity index (χ3n) is 3.91. The van der Waals surface area contributed by atoms with Crippen molar-refractivity contribution in [3.8, 4) is 0 Å². The van der Waals surface area contributed by atoms with Crippen LogP contribution in [-0.4, -0.2) is 22.7 Å². The molecule has 1 N–H and O–H groups in total. The minimum atomic E-state index is -0.469.